The van der Waals surface area contributed by atoms with E-state index in [4.69, 9.17) is 5.11 Å². The van der Waals surface area contributed by atoms with Crippen molar-refractivity contribution in [2.24, 2.45) is 0 Å². The van der Waals surface area contributed by atoms with Crippen LogP contribution in [0.4, 0.5) is 0 Å². The van der Waals surface area contributed by atoms with Crippen LogP contribution >= 0.6 is 0 Å². The molecule has 1 aromatic heterocycles. The van der Waals surface area contributed by atoms with Crippen LogP contribution in [0.2, 0.25) is 0 Å². The van der Waals surface area contributed by atoms with Crippen molar-refractivity contribution in [3.05, 3.63) is 18.0 Å². The van der Waals surface area contributed by atoms with Crippen LogP contribution in [0, 0.1) is 0 Å². The number of nitrogens with zero attached hydrogens (tertiary/aromatic N) is 2. The summed E-state index contributed by atoms with van der Waals surface area (Å²) in [4.78, 5) is 21.1. The number of carboxylic acids is 1. The van der Waals surface area contributed by atoms with E-state index in [2.05, 4.69) is 17.3 Å². The van der Waals surface area contributed by atoms with Crippen molar-refractivity contribution in [3.8, 4) is 0 Å². The highest BCUT2D eigenvalue weighted by Gasteiger charge is 2.13. The first-order chi connectivity index (χ1) is 8.67. The smallest absolute Gasteiger partial charge is 0.303 e. The van der Waals surface area contributed by atoms with Gasteiger partial charge in [-0.1, -0.05) is 6.92 Å². The van der Waals surface area contributed by atoms with Gasteiger partial charge < -0.3 is 10.4 Å². The van der Waals surface area contributed by atoms with Crippen molar-refractivity contribution < 1.29 is 14.7 Å². The van der Waals surface area contributed by atoms with Gasteiger partial charge in [-0.25, -0.2) is 0 Å². The third-order valence-electron chi connectivity index (χ3n) is 2.71. The highest BCUT2D eigenvalue weighted by Crippen LogP contribution is 2.08. The second-order valence-electron chi connectivity index (χ2n) is 4.16. The Labute approximate surface area is 106 Å². The highest BCUT2D eigenvalue weighted by molar-refractivity contribution is 5.66. The molecule has 0 fully saturated rings. The number of rotatable bonds is 9. The summed E-state index contributed by atoms with van der Waals surface area (Å²) in [6.07, 6.45) is 4.40. The molecule has 1 aromatic rings. The van der Waals surface area contributed by atoms with Crippen LogP contribution in [-0.2, 0) is 22.6 Å². The summed E-state index contributed by atoms with van der Waals surface area (Å²) in [5, 5.41) is 15.5. The lowest BCUT2D eigenvalue weighted by Gasteiger charge is -2.15. The fourth-order valence-electron chi connectivity index (χ4n) is 1.84. The third-order valence-corrected chi connectivity index (χ3v) is 2.71. The molecule has 0 spiro atoms. The summed E-state index contributed by atoms with van der Waals surface area (Å²) in [7, 11) is 0. The first kappa shape index (κ1) is 14.2. The van der Waals surface area contributed by atoms with Gasteiger partial charge in [0.2, 0.25) is 6.41 Å². The molecule has 1 atom stereocenters. The lowest BCUT2D eigenvalue weighted by atomic mass is 10.1. The topological polar surface area (TPSA) is 84.2 Å². The molecule has 2 N–H and O–H groups in total. The molecule has 1 heterocycles. The quantitative estimate of drug-likeness (QED) is 0.638. The van der Waals surface area contributed by atoms with Crippen molar-refractivity contribution in [2.45, 2.75) is 45.2 Å². The summed E-state index contributed by atoms with van der Waals surface area (Å²) in [5.74, 6) is -0.852. The standard InChI is InChI=1S/C12H19N3O3/c1-2-7-15-11(5-6-14-15)8-10(13-9-16)3-4-12(17)18/h5-6,9-10H,2-4,7-8H2,1H3,(H,13,16)(H,17,18). The van der Waals surface area contributed by atoms with E-state index in [0.29, 0.717) is 19.3 Å². The number of aromatic nitrogens is 2. The zero-order valence-electron chi connectivity index (χ0n) is 10.5. The van der Waals surface area contributed by atoms with E-state index in [1.807, 2.05) is 10.7 Å². The van der Waals surface area contributed by atoms with Crippen LogP contribution in [0.5, 0.6) is 0 Å². The number of nitrogens with one attached hydrogen (secondary N) is 1. The van der Waals surface area contributed by atoms with Crippen molar-refractivity contribution in [3.63, 3.8) is 0 Å². The first-order valence-electron chi connectivity index (χ1n) is 6.09. The number of hydrogen-bond donors (Lipinski definition) is 2. The van der Waals surface area contributed by atoms with Gasteiger partial charge in [0.15, 0.2) is 0 Å². The fraction of sp³-hybridized carbons (Fsp3) is 0.583. The number of carbonyl (C=O) groups is 2. The molecule has 0 radical (unpaired) electrons. The van der Waals surface area contributed by atoms with E-state index >= 15 is 0 Å². The van der Waals surface area contributed by atoms with Crippen molar-refractivity contribution in [1.29, 1.82) is 0 Å². The van der Waals surface area contributed by atoms with Gasteiger partial charge in [0.1, 0.15) is 0 Å². The molecule has 1 rings (SSSR count). The van der Waals surface area contributed by atoms with Crippen LogP contribution in [0.25, 0.3) is 0 Å². The molecule has 6 nitrogen and oxygen atoms in total. The number of aliphatic carboxylic acids is 1. The molecule has 0 bridgehead atoms. The van der Waals surface area contributed by atoms with E-state index in [0.717, 1.165) is 18.7 Å². The first-order valence-corrected chi connectivity index (χ1v) is 6.09. The Morgan fingerprint density at radius 1 is 1.67 bits per heavy atom. The van der Waals surface area contributed by atoms with Crippen molar-refractivity contribution in [2.75, 3.05) is 0 Å². The van der Waals surface area contributed by atoms with Gasteiger partial charge in [0.25, 0.3) is 0 Å². The molecule has 0 aromatic carbocycles. The molecule has 0 aliphatic carbocycles. The molecule has 0 saturated carbocycles. The van der Waals surface area contributed by atoms with Crippen molar-refractivity contribution >= 4 is 12.4 Å². The van der Waals surface area contributed by atoms with E-state index in [1.54, 1.807) is 6.20 Å². The number of carbonyl (C=O) groups excluding carboxylic acids is 1. The number of carboxylic acid groups (broad SMARTS) is 1. The molecule has 18 heavy (non-hydrogen) atoms. The van der Waals surface area contributed by atoms with Gasteiger partial charge in [-0.05, 0) is 18.9 Å². The van der Waals surface area contributed by atoms with Gasteiger partial charge >= 0.3 is 5.97 Å². The Hall–Kier alpha value is -1.85. The molecule has 0 saturated heterocycles. The predicted octanol–water partition coefficient (Wildman–Crippen LogP) is 0.815. The largest absolute Gasteiger partial charge is 0.481 e. The van der Waals surface area contributed by atoms with Crippen LogP contribution < -0.4 is 5.32 Å². The summed E-state index contributed by atoms with van der Waals surface area (Å²) in [5.41, 5.74) is 1.02. The zero-order chi connectivity index (χ0) is 13.4. The number of amides is 1. The maximum atomic E-state index is 10.5. The van der Waals surface area contributed by atoms with Gasteiger partial charge in [0.05, 0.1) is 0 Å². The molecule has 0 aliphatic heterocycles. The lowest BCUT2D eigenvalue weighted by Crippen LogP contribution is -2.31. The highest BCUT2D eigenvalue weighted by atomic mass is 16.4. The fourth-order valence-corrected chi connectivity index (χ4v) is 1.84. The average Bonchev–Trinajstić information content (AvgIpc) is 2.74. The van der Waals surface area contributed by atoms with Gasteiger partial charge in [-0.15, -0.1) is 0 Å². The van der Waals surface area contributed by atoms with E-state index in [9.17, 15) is 9.59 Å². The Morgan fingerprint density at radius 3 is 3.06 bits per heavy atom. The average molecular weight is 253 g/mol. The monoisotopic (exact) mass is 253 g/mol. The molecule has 1 amide bonds. The third kappa shape index (κ3) is 4.57. The second-order valence-corrected chi connectivity index (χ2v) is 4.16. The number of hydrogen-bond acceptors (Lipinski definition) is 3. The predicted molar refractivity (Wildman–Crippen MR) is 66.1 cm³/mol. The van der Waals surface area contributed by atoms with Gasteiger partial charge in [0, 0.05) is 37.3 Å². The van der Waals surface area contributed by atoms with Gasteiger partial charge in [-0.2, -0.15) is 5.10 Å². The molecule has 100 valence electrons. The molecular weight excluding hydrogens is 234 g/mol. The lowest BCUT2D eigenvalue weighted by molar-refractivity contribution is -0.137. The van der Waals surface area contributed by atoms with Crippen molar-refractivity contribution in [1.82, 2.24) is 15.1 Å². The zero-order valence-corrected chi connectivity index (χ0v) is 10.5. The van der Waals surface area contributed by atoms with E-state index < -0.39 is 5.97 Å². The Kier molecular flexibility index (Phi) is 5.90. The minimum Gasteiger partial charge on any atom is -0.481 e. The maximum Gasteiger partial charge on any atom is 0.303 e. The second kappa shape index (κ2) is 7.47. The molecular formula is C12H19N3O3. The van der Waals surface area contributed by atoms with Crippen LogP contribution in [0.1, 0.15) is 31.9 Å². The Balaban J connectivity index is 2.60. The van der Waals surface area contributed by atoms with Crippen LogP contribution in [0.3, 0.4) is 0 Å². The Bertz CT molecular complexity index is 390. The normalized spacial score (nSPS) is 12.1. The molecule has 1 unspecified atom stereocenters. The minimum absolute atomic E-state index is 0.0490. The van der Waals surface area contributed by atoms with Crippen LogP contribution in [0.15, 0.2) is 12.3 Å². The SMILES string of the molecule is CCCn1nccc1CC(CCC(=O)O)NC=O. The Morgan fingerprint density at radius 2 is 2.44 bits per heavy atom. The van der Waals surface area contributed by atoms with E-state index in [-0.39, 0.29) is 12.5 Å². The summed E-state index contributed by atoms with van der Waals surface area (Å²) in [6.45, 7) is 2.89. The van der Waals surface area contributed by atoms with Gasteiger partial charge in [-0.3, -0.25) is 14.3 Å². The summed E-state index contributed by atoms with van der Waals surface area (Å²) >= 11 is 0. The molecule has 6 heteroatoms. The maximum absolute atomic E-state index is 10.5. The number of aryl methyl sites for hydroxylation is 1. The van der Waals surface area contributed by atoms with Crippen LogP contribution in [-0.4, -0.2) is 33.3 Å². The summed E-state index contributed by atoms with van der Waals surface area (Å²) < 4.78 is 1.89. The molecule has 0 aliphatic rings. The minimum atomic E-state index is -0.852. The summed E-state index contributed by atoms with van der Waals surface area (Å²) in [6, 6.07) is 1.74. The van der Waals surface area contributed by atoms with E-state index in [1.165, 1.54) is 0 Å².